The molecule has 2 N–H and O–H groups in total. The molecule has 152 valence electrons. The summed E-state index contributed by atoms with van der Waals surface area (Å²) in [5, 5.41) is 20.0. The van der Waals surface area contributed by atoms with Crippen molar-refractivity contribution in [3.05, 3.63) is 28.8 Å². The average molecular weight is 387 g/mol. The van der Waals surface area contributed by atoms with Crippen LogP contribution in [0.1, 0.15) is 75.0 Å². The highest BCUT2D eigenvalue weighted by Gasteiger charge is 2.52. The zero-order valence-corrected chi connectivity index (χ0v) is 17.4. The Balaban J connectivity index is 1.73. The zero-order valence-electron chi connectivity index (χ0n) is 17.4. The van der Waals surface area contributed by atoms with E-state index in [1.165, 1.54) is 0 Å². The molecule has 0 radical (unpaired) electrons. The lowest BCUT2D eigenvalue weighted by Gasteiger charge is -2.32. The van der Waals surface area contributed by atoms with Gasteiger partial charge in [-0.25, -0.2) is 0 Å². The van der Waals surface area contributed by atoms with Crippen molar-refractivity contribution < 1.29 is 24.3 Å². The Morgan fingerprint density at radius 3 is 2.36 bits per heavy atom. The second kappa shape index (κ2) is 6.56. The molecule has 1 aliphatic carbocycles. The average Bonchev–Trinajstić information content (AvgIpc) is 3.38. The molecule has 6 nitrogen and oxygen atoms in total. The largest absolute Gasteiger partial charge is 0.494 e. The van der Waals surface area contributed by atoms with E-state index in [-0.39, 0.29) is 11.9 Å². The van der Waals surface area contributed by atoms with Gasteiger partial charge in [-0.1, -0.05) is 12.1 Å². The van der Waals surface area contributed by atoms with Crippen LogP contribution in [0.4, 0.5) is 0 Å². The number of benzene rings is 1. The predicted octanol–water partition coefficient (Wildman–Crippen LogP) is 1.77. The molecule has 7 heteroatoms. The van der Waals surface area contributed by atoms with Crippen molar-refractivity contribution in [3.63, 3.8) is 0 Å². The van der Waals surface area contributed by atoms with Gasteiger partial charge >= 0.3 is 7.12 Å². The van der Waals surface area contributed by atoms with Crippen molar-refractivity contribution in [3.8, 4) is 0 Å². The Labute approximate surface area is 167 Å². The van der Waals surface area contributed by atoms with E-state index in [1.807, 2.05) is 38.7 Å². The van der Waals surface area contributed by atoms with Crippen LogP contribution in [-0.2, 0) is 15.9 Å². The van der Waals surface area contributed by atoms with Gasteiger partial charge in [0.2, 0.25) is 0 Å². The molecule has 4 rings (SSSR count). The van der Waals surface area contributed by atoms with Gasteiger partial charge in [-0.2, -0.15) is 0 Å². The quantitative estimate of drug-likeness (QED) is 0.753. The van der Waals surface area contributed by atoms with Crippen LogP contribution in [-0.4, -0.2) is 52.0 Å². The summed E-state index contributed by atoms with van der Waals surface area (Å²) in [4.78, 5) is 15.0. The van der Waals surface area contributed by atoms with Crippen molar-refractivity contribution >= 4 is 18.5 Å². The first-order chi connectivity index (χ1) is 13.1. The van der Waals surface area contributed by atoms with Crippen molar-refractivity contribution in [1.82, 2.24) is 4.90 Å². The second-order valence-corrected chi connectivity index (χ2v) is 9.44. The maximum absolute atomic E-state index is 13.1. The Kier molecular flexibility index (Phi) is 4.66. The molecule has 3 aliphatic rings. The summed E-state index contributed by atoms with van der Waals surface area (Å²) in [6.45, 7) is 10.1. The van der Waals surface area contributed by atoms with Gasteiger partial charge < -0.3 is 24.4 Å². The fourth-order valence-electron chi connectivity index (χ4n) is 4.18. The Hall–Kier alpha value is -1.41. The highest BCUT2D eigenvalue weighted by Crippen LogP contribution is 2.40. The van der Waals surface area contributed by atoms with Gasteiger partial charge in [0.15, 0.2) is 0 Å². The highest BCUT2D eigenvalue weighted by molar-refractivity contribution is 6.62. The molecule has 2 atom stereocenters. The van der Waals surface area contributed by atoms with E-state index in [0.717, 1.165) is 23.9 Å². The number of rotatable bonds is 5. The lowest BCUT2D eigenvalue weighted by Crippen LogP contribution is -2.41. The first-order valence-corrected chi connectivity index (χ1v) is 10.2. The van der Waals surface area contributed by atoms with Crippen LogP contribution in [0, 0.1) is 5.92 Å². The molecule has 2 heterocycles. The maximum atomic E-state index is 13.1. The zero-order chi connectivity index (χ0) is 20.4. The van der Waals surface area contributed by atoms with E-state index in [1.54, 1.807) is 6.07 Å². The molecule has 28 heavy (non-hydrogen) atoms. The van der Waals surface area contributed by atoms with Crippen LogP contribution in [0.2, 0.25) is 0 Å². The molecule has 1 saturated heterocycles. The number of carbonyl (C=O) groups is 1. The minimum Gasteiger partial charge on any atom is -0.399 e. The molecule has 1 unspecified atom stereocenters. The smallest absolute Gasteiger partial charge is 0.399 e. The standard InChI is InChI=1S/C21H30BNO5/c1-12(13-6-7-13)23-10-14-8-15(22-27-20(2,3)21(4,5)28-22)9-16(17(25)11-24)18(14)19(23)26/h8-9,12-13,17,24-25H,6-7,10-11H2,1-5H3/t12-,17?/m0/s1. The molecule has 1 amide bonds. The van der Waals surface area contributed by atoms with Crippen molar-refractivity contribution in [1.29, 1.82) is 0 Å². The van der Waals surface area contributed by atoms with E-state index >= 15 is 0 Å². The molecule has 0 aromatic heterocycles. The van der Waals surface area contributed by atoms with E-state index in [9.17, 15) is 15.0 Å². The molecular weight excluding hydrogens is 357 g/mol. The van der Waals surface area contributed by atoms with Gasteiger partial charge in [0.05, 0.1) is 23.4 Å². The second-order valence-electron chi connectivity index (χ2n) is 9.44. The van der Waals surface area contributed by atoms with Gasteiger partial charge in [-0.05, 0) is 70.0 Å². The number of hydrogen-bond donors (Lipinski definition) is 2. The number of aliphatic hydroxyl groups excluding tert-OH is 2. The van der Waals surface area contributed by atoms with Crippen molar-refractivity contribution in [2.24, 2.45) is 5.92 Å². The van der Waals surface area contributed by atoms with Crippen LogP contribution < -0.4 is 5.46 Å². The third-order valence-corrected chi connectivity index (χ3v) is 6.94. The van der Waals surface area contributed by atoms with Gasteiger partial charge in [-0.3, -0.25) is 4.79 Å². The number of aliphatic hydroxyl groups is 2. The number of hydrogen-bond acceptors (Lipinski definition) is 5. The van der Waals surface area contributed by atoms with Crippen molar-refractivity contribution in [2.45, 2.75) is 77.4 Å². The number of nitrogens with zero attached hydrogens (tertiary/aromatic N) is 1. The summed E-state index contributed by atoms with van der Waals surface area (Å²) in [7, 11) is -0.579. The highest BCUT2D eigenvalue weighted by atomic mass is 16.7. The summed E-state index contributed by atoms with van der Waals surface area (Å²) < 4.78 is 12.3. The lowest BCUT2D eigenvalue weighted by molar-refractivity contribution is 0.00578. The van der Waals surface area contributed by atoms with E-state index < -0.39 is 31.0 Å². The normalized spacial score (nSPS) is 25.2. The first-order valence-electron chi connectivity index (χ1n) is 10.2. The molecule has 1 aromatic carbocycles. The van der Waals surface area contributed by atoms with E-state index in [4.69, 9.17) is 9.31 Å². The van der Waals surface area contributed by atoms with Gasteiger partial charge in [0.1, 0.15) is 6.10 Å². The van der Waals surface area contributed by atoms with Gasteiger partial charge in [-0.15, -0.1) is 0 Å². The summed E-state index contributed by atoms with van der Waals surface area (Å²) in [6, 6.07) is 3.90. The first kappa shape index (κ1) is 19.9. The Morgan fingerprint density at radius 2 is 1.82 bits per heavy atom. The fraction of sp³-hybridized carbons (Fsp3) is 0.667. The number of carbonyl (C=O) groups excluding carboxylic acids is 1. The fourth-order valence-corrected chi connectivity index (χ4v) is 4.18. The molecule has 2 aliphatic heterocycles. The molecule has 0 bridgehead atoms. The Morgan fingerprint density at radius 1 is 1.21 bits per heavy atom. The molecule has 1 saturated carbocycles. The molecule has 1 aromatic rings. The Bertz CT molecular complexity index is 788. The number of fused-ring (bicyclic) bond motifs is 1. The van der Waals surface area contributed by atoms with Gasteiger partial charge in [0, 0.05) is 12.6 Å². The van der Waals surface area contributed by atoms with Crippen LogP contribution >= 0.6 is 0 Å². The monoisotopic (exact) mass is 387 g/mol. The van der Waals surface area contributed by atoms with Crippen molar-refractivity contribution in [2.75, 3.05) is 6.61 Å². The summed E-state index contributed by atoms with van der Waals surface area (Å²) in [6.07, 6.45) is 1.20. The predicted molar refractivity (Wildman–Crippen MR) is 106 cm³/mol. The van der Waals surface area contributed by atoms with Crippen LogP contribution in [0.3, 0.4) is 0 Å². The molecule has 2 fully saturated rings. The third-order valence-electron chi connectivity index (χ3n) is 6.94. The van der Waals surface area contributed by atoms with Crippen LogP contribution in [0.25, 0.3) is 0 Å². The summed E-state index contributed by atoms with van der Waals surface area (Å²) in [5.41, 5.74) is 1.67. The summed E-state index contributed by atoms with van der Waals surface area (Å²) in [5.74, 6) is 0.504. The maximum Gasteiger partial charge on any atom is 0.494 e. The summed E-state index contributed by atoms with van der Waals surface area (Å²) >= 11 is 0. The van der Waals surface area contributed by atoms with Crippen LogP contribution in [0.15, 0.2) is 12.1 Å². The minimum absolute atomic E-state index is 0.0580. The van der Waals surface area contributed by atoms with Gasteiger partial charge in [0.25, 0.3) is 5.91 Å². The lowest BCUT2D eigenvalue weighted by atomic mass is 9.76. The topological polar surface area (TPSA) is 79.2 Å². The minimum atomic E-state index is -1.11. The number of amides is 1. The molecule has 0 spiro atoms. The van der Waals surface area contributed by atoms with Crippen LogP contribution in [0.5, 0.6) is 0 Å². The third kappa shape index (κ3) is 3.09. The van der Waals surface area contributed by atoms with E-state index in [0.29, 0.717) is 23.6 Å². The van der Waals surface area contributed by atoms with E-state index in [2.05, 4.69) is 6.92 Å². The molecular formula is C21H30BNO5. The SMILES string of the molecule is C[C@@H](C1CC1)N1Cc2cc(B3OC(C)(C)C(C)(C)O3)cc(C(O)CO)c2C1=O.